The number of nitriles is 1. The lowest BCUT2D eigenvalue weighted by atomic mass is 9.84. The first-order chi connectivity index (χ1) is 13.8. The molecule has 4 heteroatoms. The number of nitrogens with zero attached hydrogens (tertiary/aromatic N) is 3. The van der Waals surface area contributed by atoms with E-state index in [1.54, 1.807) is 0 Å². The number of hydrogen-bond donors (Lipinski definition) is 1. The van der Waals surface area contributed by atoms with Crippen molar-refractivity contribution in [1.82, 2.24) is 14.9 Å². The van der Waals surface area contributed by atoms with Crippen molar-refractivity contribution in [2.75, 3.05) is 13.1 Å². The Hall–Kier alpha value is -2.90. The van der Waals surface area contributed by atoms with Gasteiger partial charge in [0.2, 0.25) is 0 Å². The Kier molecular flexibility index (Phi) is 5.55. The highest BCUT2D eigenvalue weighted by molar-refractivity contribution is 5.34. The molecule has 2 aromatic carbocycles. The SMILES string of the molecule is Cc1ccccc1C(C1CCNCC1)n1cncc1Cc1ccc(C#N)cc1. The minimum Gasteiger partial charge on any atom is -0.326 e. The summed E-state index contributed by atoms with van der Waals surface area (Å²) in [5, 5.41) is 12.5. The molecule has 0 aliphatic carbocycles. The maximum Gasteiger partial charge on any atom is 0.0991 e. The second kappa shape index (κ2) is 8.41. The molecule has 0 bridgehead atoms. The number of nitrogens with one attached hydrogen (secondary N) is 1. The van der Waals surface area contributed by atoms with Crippen LogP contribution in [0.25, 0.3) is 0 Å². The van der Waals surface area contributed by atoms with Gasteiger partial charge in [-0.25, -0.2) is 4.98 Å². The average molecular weight is 371 g/mol. The van der Waals surface area contributed by atoms with E-state index in [4.69, 9.17) is 5.26 Å². The third kappa shape index (κ3) is 3.85. The molecule has 1 unspecified atom stereocenters. The molecule has 4 nitrogen and oxygen atoms in total. The summed E-state index contributed by atoms with van der Waals surface area (Å²) in [6.45, 7) is 4.36. The molecule has 0 radical (unpaired) electrons. The lowest BCUT2D eigenvalue weighted by Crippen LogP contribution is -2.33. The first kappa shape index (κ1) is 18.5. The van der Waals surface area contributed by atoms with Gasteiger partial charge in [-0.05, 0) is 67.6 Å². The topological polar surface area (TPSA) is 53.6 Å². The molecule has 1 aromatic heterocycles. The van der Waals surface area contributed by atoms with Gasteiger partial charge in [0.1, 0.15) is 0 Å². The lowest BCUT2D eigenvalue weighted by Gasteiger charge is -2.34. The third-order valence-electron chi connectivity index (χ3n) is 5.85. The molecule has 4 rings (SSSR count). The molecule has 0 saturated carbocycles. The minimum atomic E-state index is 0.305. The maximum atomic E-state index is 9.03. The van der Waals surface area contributed by atoms with Crippen LogP contribution < -0.4 is 5.32 Å². The molecule has 3 aromatic rings. The fourth-order valence-electron chi connectivity index (χ4n) is 4.34. The van der Waals surface area contributed by atoms with E-state index in [1.807, 2.05) is 36.8 Å². The molecule has 1 aliphatic rings. The Morgan fingerprint density at radius 1 is 1.14 bits per heavy atom. The predicted molar refractivity (Wildman–Crippen MR) is 111 cm³/mol. The molecular formula is C24H26N4. The molecule has 1 aliphatic heterocycles. The van der Waals surface area contributed by atoms with Crippen LogP contribution in [0, 0.1) is 24.2 Å². The molecule has 2 heterocycles. The van der Waals surface area contributed by atoms with Crippen LogP contribution in [-0.4, -0.2) is 22.6 Å². The fourth-order valence-corrected chi connectivity index (χ4v) is 4.34. The second-order valence-corrected chi connectivity index (χ2v) is 7.67. The van der Waals surface area contributed by atoms with Crippen LogP contribution in [0.5, 0.6) is 0 Å². The summed E-state index contributed by atoms with van der Waals surface area (Å²) in [5.74, 6) is 0.594. The lowest BCUT2D eigenvalue weighted by molar-refractivity contribution is 0.287. The summed E-state index contributed by atoms with van der Waals surface area (Å²) in [5.41, 5.74) is 5.85. The van der Waals surface area contributed by atoms with Gasteiger partial charge in [-0.1, -0.05) is 36.4 Å². The monoisotopic (exact) mass is 370 g/mol. The minimum absolute atomic E-state index is 0.305. The van der Waals surface area contributed by atoms with Gasteiger partial charge in [-0.3, -0.25) is 0 Å². The zero-order valence-electron chi connectivity index (χ0n) is 16.3. The standard InChI is InChI=1S/C24H26N4/c1-18-4-2-3-5-23(18)24(21-10-12-26-13-11-21)28-17-27-16-22(28)14-19-6-8-20(15-25)9-7-19/h2-9,16-17,21,24,26H,10-14H2,1H3. The zero-order valence-corrected chi connectivity index (χ0v) is 16.3. The Labute approximate surface area is 166 Å². The van der Waals surface area contributed by atoms with Crippen molar-refractivity contribution in [2.45, 2.75) is 32.2 Å². The van der Waals surface area contributed by atoms with Crippen molar-refractivity contribution in [2.24, 2.45) is 5.92 Å². The van der Waals surface area contributed by atoms with Gasteiger partial charge < -0.3 is 9.88 Å². The summed E-state index contributed by atoms with van der Waals surface area (Å²) >= 11 is 0. The number of aryl methyl sites for hydroxylation is 1. The molecule has 1 saturated heterocycles. The Balaban J connectivity index is 1.70. The summed E-state index contributed by atoms with van der Waals surface area (Å²) < 4.78 is 2.39. The highest BCUT2D eigenvalue weighted by Gasteiger charge is 2.28. The van der Waals surface area contributed by atoms with Crippen molar-refractivity contribution < 1.29 is 0 Å². The zero-order chi connectivity index (χ0) is 19.3. The van der Waals surface area contributed by atoms with E-state index < -0.39 is 0 Å². The van der Waals surface area contributed by atoms with Crippen LogP contribution in [0.4, 0.5) is 0 Å². The van der Waals surface area contributed by atoms with Crippen LogP contribution in [0.3, 0.4) is 0 Å². The predicted octanol–water partition coefficient (Wildman–Crippen LogP) is 4.24. The normalized spacial score (nSPS) is 15.9. The Morgan fingerprint density at radius 3 is 2.61 bits per heavy atom. The number of hydrogen-bond acceptors (Lipinski definition) is 3. The van der Waals surface area contributed by atoms with E-state index in [9.17, 15) is 0 Å². The molecule has 1 fully saturated rings. The number of benzene rings is 2. The average Bonchev–Trinajstić information content (AvgIpc) is 3.19. The van der Waals surface area contributed by atoms with Gasteiger partial charge in [0.15, 0.2) is 0 Å². The first-order valence-corrected chi connectivity index (χ1v) is 10.0. The van der Waals surface area contributed by atoms with E-state index >= 15 is 0 Å². The van der Waals surface area contributed by atoms with E-state index in [1.165, 1.54) is 35.2 Å². The second-order valence-electron chi connectivity index (χ2n) is 7.67. The van der Waals surface area contributed by atoms with Gasteiger partial charge in [-0.15, -0.1) is 0 Å². The van der Waals surface area contributed by atoms with E-state index in [0.29, 0.717) is 17.5 Å². The van der Waals surface area contributed by atoms with Gasteiger partial charge in [0, 0.05) is 18.3 Å². The number of aromatic nitrogens is 2. The quantitative estimate of drug-likeness (QED) is 0.731. The van der Waals surface area contributed by atoms with Crippen molar-refractivity contribution in [3.63, 3.8) is 0 Å². The largest absolute Gasteiger partial charge is 0.326 e. The van der Waals surface area contributed by atoms with Crippen molar-refractivity contribution in [3.05, 3.63) is 89.0 Å². The Bertz CT molecular complexity index is 959. The third-order valence-corrected chi connectivity index (χ3v) is 5.85. The fraction of sp³-hybridized carbons (Fsp3) is 0.333. The van der Waals surface area contributed by atoms with Gasteiger partial charge >= 0.3 is 0 Å². The Morgan fingerprint density at radius 2 is 1.89 bits per heavy atom. The van der Waals surface area contributed by atoms with Crippen LogP contribution in [0.2, 0.25) is 0 Å². The molecule has 1 atom stereocenters. The maximum absolute atomic E-state index is 9.03. The van der Waals surface area contributed by atoms with Gasteiger partial charge in [-0.2, -0.15) is 5.26 Å². The number of rotatable bonds is 5. The van der Waals surface area contributed by atoms with Crippen LogP contribution in [-0.2, 0) is 6.42 Å². The number of piperidine rings is 1. The van der Waals surface area contributed by atoms with Crippen LogP contribution >= 0.6 is 0 Å². The van der Waals surface area contributed by atoms with Crippen molar-refractivity contribution >= 4 is 0 Å². The number of imidazole rings is 1. The first-order valence-electron chi connectivity index (χ1n) is 10.0. The summed E-state index contributed by atoms with van der Waals surface area (Å²) in [4.78, 5) is 4.52. The molecular weight excluding hydrogens is 344 g/mol. The van der Waals surface area contributed by atoms with Crippen molar-refractivity contribution in [3.8, 4) is 6.07 Å². The summed E-state index contributed by atoms with van der Waals surface area (Å²) in [7, 11) is 0. The molecule has 0 spiro atoms. The highest BCUT2D eigenvalue weighted by Crippen LogP contribution is 2.35. The molecule has 142 valence electrons. The van der Waals surface area contributed by atoms with Crippen molar-refractivity contribution in [1.29, 1.82) is 5.26 Å². The van der Waals surface area contributed by atoms with Crippen LogP contribution in [0.1, 0.15) is 46.8 Å². The van der Waals surface area contributed by atoms with Gasteiger partial charge in [0.05, 0.1) is 24.0 Å². The molecule has 28 heavy (non-hydrogen) atoms. The summed E-state index contributed by atoms with van der Waals surface area (Å²) in [6.07, 6.45) is 7.16. The smallest absolute Gasteiger partial charge is 0.0991 e. The van der Waals surface area contributed by atoms with Gasteiger partial charge in [0.25, 0.3) is 0 Å². The summed E-state index contributed by atoms with van der Waals surface area (Å²) in [6, 6.07) is 19.1. The highest BCUT2D eigenvalue weighted by atomic mass is 15.1. The van der Waals surface area contributed by atoms with E-state index in [0.717, 1.165) is 19.5 Å². The molecule has 1 N–H and O–H groups in total. The van der Waals surface area contributed by atoms with E-state index in [-0.39, 0.29) is 0 Å². The van der Waals surface area contributed by atoms with Crippen LogP contribution in [0.15, 0.2) is 61.1 Å². The molecule has 0 amide bonds. The van der Waals surface area contributed by atoms with E-state index in [2.05, 4.69) is 52.1 Å².